The lowest BCUT2D eigenvalue weighted by Gasteiger charge is -2.26. The minimum atomic E-state index is -1.67. The average Bonchev–Trinajstić information content (AvgIpc) is 2.68. The largest absolute Gasteiger partial charge is 0.115 e. The van der Waals surface area contributed by atoms with Gasteiger partial charge in [0, 0.05) is 0 Å². The molecule has 0 nitrogen and oxygen atoms in total. The fraction of sp³-hybridized carbons (Fsp3) is 0.130. The van der Waals surface area contributed by atoms with E-state index in [1.54, 1.807) is 0 Å². The van der Waals surface area contributed by atoms with Crippen molar-refractivity contribution < 1.29 is 0 Å². The molecule has 0 heterocycles. The van der Waals surface area contributed by atoms with Crippen molar-refractivity contribution in [3.05, 3.63) is 103 Å². The van der Waals surface area contributed by atoms with Crippen LogP contribution in [0.3, 0.4) is 0 Å². The molecule has 0 aliphatic carbocycles. The highest BCUT2D eigenvalue weighted by molar-refractivity contribution is 7.95. The van der Waals surface area contributed by atoms with E-state index in [1.807, 2.05) is 0 Å². The molecule has 0 aliphatic heterocycles. The molecule has 1 heteroatoms. The Hall–Kier alpha value is -2.17. The SMILES string of the molecule is CC/C=C\C[P+](c1ccccc1)(c1ccccc1)c1ccccc1. The van der Waals surface area contributed by atoms with Gasteiger partial charge in [-0.2, -0.15) is 0 Å². The van der Waals surface area contributed by atoms with Gasteiger partial charge in [-0.1, -0.05) is 73.7 Å². The first-order valence-electron chi connectivity index (χ1n) is 8.58. The summed E-state index contributed by atoms with van der Waals surface area (Å²) in [5.41, 5.74) is 0. The Kier molecular flexibility index (Phi) is 5.62. The molecule has 0 aliphatic rings. The Morgan fingerprint density at radius 1 is 0.583 bits per heavy atom. The fourth-order valence-electron chi connectivity index (χ4n) is 3.21. The first kappa shape index (κ1) is 16.7. The highest BCUT2D eigenvalue weighted by Crippen LogP contribution is 2.55. The monoisotopic (exact) mass is 331 g/mol. The van der Waals surface area contributed by atoms with Crippen LogP contribution in [-0.2, 0) is 0 Å². The van der Waals surface area contributed by atoms with Gasteiger partial charge < -0.3 is 0 Å². The topological polar surface area (TPSA) is 0 Å². The lowest BCUT2D eigenvalue weighted by Crippen LogP contribution is -2.32. The lowest BCUT2D eigenvalue weighted by molar-refractivity contribution is 1.22. The van der Waals surface area contributed by atoms with Gasteiger partial charge in [-0.3, -0.25) is 0 Å². The third-order valence-electron chi connectivity index (χ3n) is 4.37. The number of benzene rings is 3. The number of hydrogen-bond acceptors (Lipinski definition) is 0. The minimum absolute atomic E-state index is 1.07. The van der Waals surface area contributed by atoms with Crippen molar-refractivity contribution >= 4 is 23.2 Å². The van der Waals surface area contributed by atoms with Gasteiger partial charge in [0.25, 0.3) is 0 Å². The van der Waals surface area contributed by atoms with E-state index in [0.29, 0.717) is 0 Å². The molecule has 0 bridgehead atoms. The third-order valence-corrected chi connectivity index (χ3v) is 8.67. The van der Waals surface area contributed by atoms with Crippen LogP contribution < -0.4 is 15.9 Å². The van der Waals surface area contributed by atoms with Gasteiger partial charge in [0.05, 0.1) is 6.16 Å². The van der Waals surface area contributed by atoms with Gasteiger partial charge in [0.2, 0.25) is 0 Å². The van der Waals surface area contributed by atoms with Gasteiger partial charge in [-0.25, -0.2) is 0 Å². The van der Waals surface area contributed by atoms with Gasteiger partial charge in [0.15, 0.2) is 0 Å². The molecule has 0 N–H and O–H groups in total. The van der Waals surface area contributed by atoms with Gasteiger partial charge in [-0.05, 0) is 42.8 Å². The second-order valence-corrected chi connectivity index (χ2v) is 9.41. The molecule has 0 saturated heterocycles. The second kappa shape index (κ2) is 8.08. The van der Waals surface area contributed by atoms with Crippen LogP contribution in [-0.4, -0.2) is 6.16 Å². The minimum Gasteiger partial charge on any atom is -0.0852 e. The van der Waals surface area contributed by atoms with E-state index in [0.717, 1.165) is 12.6 Å². The van der Waals surface area contributed by atoms with Crippen LogP contribution in [0.1, 0.15) is 13.3 Å². The van der Waals surface area contributed by atoms with Crippen LogP contribution in [0, 0.1) is 0 Å². The Bertz CT molecular complexity index is 664. The van der Waals surface area contributed by atoms with Crippen LogP contribution in [0.2, 0.25) is 0 Å². The normalized spacial score (nSPS) is 11.7. The molecule has 3 rings (SSSR count). The average molecular weight is 331 g/mol. The molecule has 0 spiro atoms. The van der Waals surface area contributed by atoms with Gasteiger partial charge >= 0.3 is 0 Å². The van der Waals surface area contributed by atoms with E-state index in [1.165, 1.54) is 15.9 Å². The Balaban J connectivity index is 2.26. The summed E-state index contributed by atoms with van der Waals surface area (Å²) in [5, 5.41) is 4.34. The maximum atomic E-state index is 2.38. The van der Waals surface area contributed by atoms with E-state index < -0.39 is 7.26 Å². The Morgan fingerprint density at radius 2 is 0.958 bits per heavy atom. The molecule has 0 radical (unpaired) electrons. The maximum Gasteiger partial charge on any atom is 0.115 e. The zero-order valence-electron chi connectivity index (χ0n) is 14.2. The van der Waals surface area contributed by atoms with E-state index in [-0.39, 0.29) is 0 Å². The molecule has 120 valence electrons. The van der Waals surface area contributed by atoms with E-state index in [9.17, 15) is 0 Å². The molecule has 3 aromatic rings. The molecule has 0 atom stereocenters. The first-order chi connectivity index (χ1) is 11.9. The van der Waals surface area contributed by atoms with Crippen molar-refractivity contribution in [3.8, 4) is 0 Å². The Morgan fingerprint density at radius 3 is 1.29 bits per heavy atom. The smallest absolute Gasteiger partial charge is 0.0852 e. The quantitative estimate of drug-likeness (QED) is 0.443. The van der Waals surface area contributed by atoms with Crippen molar-refractivity contribution in [3.63, 3.8) is 0 Å². The molecule has 0 fully saturated rings. The zero-order chi connectivity index (χ0) is 16.7. The molecule has 3 aromatic carbocycles. The van der Waals surface area contributed by atoms with E-state index >= 15 is 0 Å². The van der Waals surface area contributed by atoms with Crippen LogP contribution >= 0.6 is 7.26 Å². The van der Waals surface area contributed by atoms with Crippen molar-refractivity contribution in [1.29, 1.82) is 0 Å². The zero-order valence-corrected chi connectivity index (χ0v) is 15.1. The highest BCUT2D eigenvalue weighted by atomic mass is 31.2. The van der Waals surface area contributed by atoms with E-state index in [4.69, 9.17) is 0 Å². The van der Waals surface area contributed by atoms with Crippen molar-refractivity contribution in [1.82, 2.24) is 0 Å². The van der Waals surface area contributed by atoms with Gasteiger partial charge in [-0.15, -0.1) is 0 Å². The fourth-order valence-corrected chi connectivity index (χ4v) is 7.25. The molecule has 0 unspecified atom stereocenters. The van der Waals surface area contributed by atoms with Gasteiger partial charge in [0.1, 0.15) is 23.2 Å². The van der Waals surface area contributed by atoms with Crippen LogP contribution in [0.5, 0.6) is 0 Å². The van der Waals surface area contributed by atoms with Crippen molar-refractivity contribution in [2.45, 2.75) is 13.3 Å². The summed E-state index contributed by atoms with van der Waals surface area (Å²) in [4.78, 5) is 0. The lowest BCUT2D eigenvalue weighted by atomic mass is 10.4. The van der Waals surface area contributed by atoms with Crippen LogP contribution in [0.4, 0.5) is 0 Å². The molecule has 0 saturated carbocycles. The summed E-state index contributed by atoms with van der Waals surface area (Å²) in [6.45, 7) is 2.20. The van der Waals surface area contributed by atoms with E-state index in [2.05, 4.69) is 110 Å². The number of hydrogen-bond donors (Lipinski definition) is 0. The number of allylic oxidation sites excluding steroid dienone is 2. The third kappa shape index (κ3) is 3.35. The molecule has 24 heavy (non-hydrogen) atoms. The molecule has 0 aromatic heterocycles. The summed E-state index contributed by atoms with van der Waals surface area (Å²) in [6.07, 6.45) is 6.82. The summed E-state index contributed by atoms with van der Waals surface area (Å²) >= 11 is 0. The predicted molar refractivity (Wildman–Crippen MR) is 109 cm³/mol. The summed E-state index contributed by atoms with van der Waals surface area (Å²) in [5.74, 6) is 0. The first-order valence-corrected chi connectivity index (χ1v) is 10.6. The maximum absolute atomic E-state index is 2.38. The van der Waals surface area contributed by atoms with Crippen LogP contribution in [0.25, 0.3) is 0 Å². The Labute approximate surface area is 146 Å². The summed E-state index contributed by atoms with van der Waals surface area (Å²) in [7, 11) is -1.67. The number of rotatable bonds is 6. The van der Waals surface area contributed by atoms with Crippen molar-refractivity contribution in [2.24, 2.45) is 0 Å². The molecular formula is C23H24P+. The summed E-state index contributed by atoms with van der Waals surface area (Å²) in [6, 6.07) is 33.1. The molecule has 0 amide bonds. The van der Waals surface area contributed by atoms with Crippen molar-refractivity contribution in [2.75, 3.05) is 6.16 Å². The second-order valence-electron chi connectivity index (χ2n) is 5.88. The predicted octanol–water partition coefficient (Wildman–Crippen LogP) is 4.95. The molecular weight excluding hydrogens is 307 g/mol. The highest BCUT2D eigenvalue weighted by Gasteiger charge is 2.43. The summed E-state index contributed by atoms with van der Waals surface area (Å²) < 4.78 is 0. The standard InChI is InChI=1S/C23H24P/c1-2-3-13-20-24(21-14-7-4-8-15-21,22-16-9-5-10-17-22)23-18-11-6-12-19-23/h3-19H,2,20H2,1H3/q+1/b13-3-. The van der Waals surface area contributed by atoms with Crippen LogP contribution in [0.15, 0.2) is 103 Å².